The van der Waals surface area contributed by atoms with Crippen molar-refractivity contribution in [1.82, 2.24) is 14.8 Å². The van der Waals surface area contributed by atoms with Gasteiger partial charge in [0.25, 0.3) is 0 Å². The number of hydrogen-bond donors (Lipinski definition) is 0. The molecular formula is C42H50N4O3. The van der Waals surface area contributed by atoms with Crippen molar-refractivity contribution in [3.05, 3.63) is 106 Å². The molecule has 0 spiro atoms. The average Bonchev–Trinajstić information content (AvgIpc) is 3.65. The lowest BCUT2D eigenvalue weighted by molar-refractivity contribution is 0.214. The zero-order valence-corrected chi connectivity index (χ0v) is 29.5. The third-order valence-corrected chi connectivity index (χ3v) is 10.00. The maximum Gasteiger partial charge on any atom is 0.128 e. The highest BCUT2D eigenvalue weighted by molar-refractivity contribution is 5.73. The van der Waals surface area contributed by atoms with E-state index in [1.807, 2.05) is 12.1 Å². The first-order chi connectivity index (χ1) is 24.0. The minimum Gasteiger partial charge on any atom is -0.493 e. The molecule has 6 rings (SSSR count). The van der Waals surface area contributed by atoms with Crippen molar-refractivity contribution in [3.8, 4) is 34.4 Å². The van der Waals surface area contributed by atoms with Gasteiger partial charge in [-0.15, -0.1) is 0 Å². The van der Waals surface area contributed by atoms with E-state index in [4.69, 9.17) is 14.2 Å². The second-order valence-corrected chi connectivity index (χ2v) is 13.6. The highest BCUT2D eigenvalue weighted by Crippen LogP contribution is 2.35. The third kappa shape index (κ3) is 9.00. The lowest BCUT2D eigenvalue weighted by Crippen LogP contribution is -2.29. The van der Waals surface area contributed by atoms with Crippen LogP contribution in [0.5, 0.6) is 17.2 Å². The Kier molecular flexibility index (Phi) is 11.8. The van der Waals surface area contributed by atoms with Gasteiger partial charge in [0.05, 0.1) is 12.2 Å². The fraction of sp³-hybridized carbons (Fsp3) is 0.429. The second-order valence-electron chi connectivity index (χ2n) is 13.6. The normalized spacial score (nSPS) is 15.2. The van der Waals surface area contributed by atoms with Gasteiger partial charge in [-0.3, -0.25) is 9.88 Å². The van der Waals surface area contributed by atoms with Gasteiger partial charge in [-0.2, -0.15) is 5.26 Å². The van der Waals surface area contributed by atoms with Crippen LogP contribution in [0.3, 0.4) is 0 Å². The van der Waals surface area contributed by atoms with Crippen LogP contribution < -0.4 is 14.2 Å². The molecule has 7 nitrogen and oxygen atoms in total. The SMILES string of the molecule is Cc1cc(CN2CCCCC2)c(OCc2cncc(C#N)c2)cc1OCc1cccc(-c2cccc(OCCCN3CCCC3)c2C)c1C. The maximum atomic E-state index is 9.33. The number of aromatic nitrogens is 1. The summed E-state index contributed by atoms with van der Waals surface area (Å²) in [7, 11) is 0. The lowest BCUT2D eigenvalue weighted by atomic mass is 9.93. The van der Waals surface area contributed by atoms with Gasteiger partial charge in [-0.05, 0) is 131 Å². The number of hydrogen-bond acceptors (Lipinski definition) is 7. The first-order valence-electron chi connectivity index (χ1n) is 18.0. The average molecular weight is 659 g/mol. The smallest absolute Gasteiger partial charge is 0.128 e. The third-order valence-electron chi connectivity index (χ3n) is 10.00. The number of pyridine rings is 1. The fourth-order valence-electron chi connectivity index (χ4n) is 7.12. The molecule has 0 aliphatic carbocycles. The topological polar surface area (TPSA) is 70.8 Å². The Bertz CT molecular complexity index is 1750. The van der Waals surface area contributed by atoms with Crippen LogP contribution in [0.1, 0.15) is 77.5 Å². The van der Waals surface area contributed by atoms with E-state index in [-0.39, 0.29) is 0 Å². The molecule has 2 aliphatic heterocycles. The predicted molar refractivity (Wildman–Crippen MR) is 195 cm³/mol. The summed E-state index contributed by atoms with van der Waals surface area (Å²) >= 11 is 0. The van der Waals surface area contributed by atoms with Crippen LogP contribution in [0.15, 0.2) is 67.0 Å². The second kappa shape index (κ2) is 16.8. The number of likely N-dealkylation sites (tertiary alicyclic amines) is 2. The van der Waals surface area contributed by atoms with Gasteiger partial charge in [0.15, 0.2) is 0 Å². The summed E-state index contributed by atoms with van der Waals surface area (Å²) in [6, 6.07) is 21.1. The Balaban J connectivity index is 1.17. The van der Waals surface area contributed by atoms with Crippen LogP contribution in [0.2, 0.25) is 0 Å². The first kappa shape index (κ1) is 34.5. The maximum absolute atomic E-state index is 9.33. The van der Waals surface area contributed by atoms with Crippen molar-refractivity contribution in [2.45, 2.75) is 79.1 Å². The molecule has 0 unspecified atom stereocenters. The van der Waals surface area contributed by atoms with E-state index < -0.39 is 0 Å². The largest absolute Gasteiger partial charge is 0.493 e. The number of benzene rings is 3. The summed E-state index contributed by atoms with van der Waals surface area (Å²) in [5.41, 5.74) is 9.56. The van der Waals surface area contributed by atoms with Crippen molar-refractivity contribution in [3.63, 3.8) is 0 Å². The number of nitrogens with zero attached hydrogens (tertiary/aromatic N) is 4. The van der Waals surface area contributed by atoms with Gasteiger partial charge in [0, 0.05) is 42.7 Å². The van der Waals surface area contributed by atoms with Crippen LogP contribution in [-0.2, 0) is 19.8 Å². The van der Waals surface area contributed by atoms with E-state index in [1.54, 1.807) is 12.4 Å². The summed E-state index contributed by atoms with van der Waals surface area (Å²) in [5, 5.41) is 9.33. The van der Waals surface area contributed by atoms with E-state index in [0.717, 1.165) is 78.7 Å². The molecule has 0 N–H and O–H groups in total. The van der Waals surface area contributed by atoms with Crippen LogP contribution >= 0.6 is 0 Å². The highest BCUT2D eigenvalue weighted by Gasteiger charge is 2.18. The van der Waals surface area contributed by atoms with Crippen molar-refractivity contribution >= 4 is 0 Å². The quantitative estimate of drug-likeness (QED) is 0.126. The number of piperidine rings is 1. The molecule has 3 aromatic carbocycles. The van der Waals surface area contributed by atoms with E-state index in [9.17, 15) is 5.26 Å². The van der Waals surface area contributed by atoms with E-state index in [0.29, 0.717) is 18.8 Å². The van der Waals surface area contributed by atoms with Crippen molar-refractivity contribution in [2.24, 2.45) is 0 Å². The molecule has 0 amide bonds. The van der Waals surface area contributed by atoms with Crippen LogP contribution in [0.4, 0.5) is 0 Å². The number of aryl methyl sites for hydroxylation is 1. The molecule has 0 radical (unpaired) electrons. The van der Waals surface area contributed by atoms with E-state index >= 15 is 0 Å². The summed E-state index contributed by atoms with van der Waals surface area (Å²) in [5.74, 6) is 2.58. The Hall–Kier alpha value is -4.38. The van der Waals surface area contributed by atoms with E-state index in [2.05, 4.69) is 84.1 Å². The molecule has 0 bridgehead atoms. The molecule has 4 aromatic rings. The van der Waals surface area contributed by atoms with Crippen molar-refractivity contribution in [1.29, 1.82) is 5.26 Å². The zero-order chi connectivity index (χ0) is 34.0. The minimum atomic E-state index is 0.333. The highest BCUT2D eigenvalue weighted by atomic mass is 16.5. The zero-order valence-electron chi connectivity index (χ0n) is 29.5. The Morgan fingerprint density at radius 2 is 1.41 bits per heavy atom. The Morgan fingerprint density at radius 3 is 2.20 bits per heavy atom. The molecule has 0 atom stereocenters. The molecule has 0 saturated carbocycles. The van der Waals surface area contributed by atoms with E-state index in [1.165, 1.54) is 67.4 Å². The summed E-state index contributed by atoms with van der Waals surface area (Å²) in [4.78, 5) is 9.26. The molecule has 49 heavy (non-hydrogen) atoms. The molecule has 7 heteroatoms. The predicted octanol–water partition coefficient (Wildman–Crippen LogP) is 8.55. The first-order valence-corrected chi connectivity index (χ1v) is 18.0. The van der Waals surface area contributed by atoms with Crippen LogP contribution in [0, 0.1) is 32.1 Å². The number of rotatable bonds is 14. The van der Waals surface area contributed by atoms with Gasteiger partial charge in [-0.25, -0.2) is 0 Å². The summed E-state index contributed by atoms with van der Waals surface area (Å²) in [6.07, 6.45) is 10.8. The van der Waals surface area contributed by atoms with Gasteiger partial charge in [0.1, 0.15) is 36.5 Å². The summed E-state index contributed by atoms with van der Waals surface area (Å²) < 4.78 is 19.3. The standard InChI is InChI=1S/C42H50N4O3/c1-31-22-37(28-46-18-5-4-6-19-46)42(48-29-35-23-34(25-43)26-44-27-35)24-41(31)49-30-36-12-9-13-38(32(36)2)39-14-10-15-40(33(39)3)47-21-11-20-45-16-7-8-17-45/h9-10,12-15,22-24,26-27H,4-8,11,16-21,28-30H2,1-3H3. The molecule has 3 heterocycles. The van der Waals surface area contributed by atoms with Gasteiger partial charge < -0.3 is 19.1 Å². The van der Waals surface area contributed by atoms with Gasteiger partial charge in [-0.1, -0.05) is 36.8 Å². The molecule has 2 aliphatic rings. The minimum absolute atomic E-state index is 0.333. The monoisotopic (exact) mass is 658 g/mol. The van der Waals surface area contributed by atoms with Crippen LogP contribution in [-0.4, -0.2) is 54.1 Å². The molecule has 2 fully saturated rings. The molecule has 1 aromatic heterocycles. The van der Waals surface area contributed by atoms with Crippen molar-refractivity contribution < 1.29 is 14.2 Å². The van der Waals surface area contributed by atoms with Gasteiger partial charge in [0.2, 0.25) is 0 Å². The molecule has 2 saturated heterocycles. The number of nitriles is 1. The van der Waals surface area contributed by atoms with Crippen molar-refractivity contribution in [2.75, 3.05) is 39.3 Å². The molecule has 256 valence electrons. The Morgan fingerprint density at radius 1 is 0.694 bits per heavy atom. The number of ether oxygens (including phenoxy) is 3. The fourth-order valence-corrected chi connectivity index (χ4v) is 7.12. The molecular weight excluding hydrogens is 608 g/mol. The Labute approximate surface area is 292 Å². The lowest BCUT2D eigenvalue weighted by Gasteiger charge is -2.27. The van der Waals surface area contributed by atoms with Gasteiger partial charge >= 0.3 is 0 Å². The summed E-state index contributed by atoms with van der Waals surface area (Å²) in [6.45, 7) is 14.6. The van der Waals surface area contributed by atoms with Crippen LogP contribution in [0.25, 0.3) is 11.1 Å².